The van der Waals surface area contributed by atoms with Gasteiger partial charge in [0.05, 0.1) is 18.7 Å². The number of aliphatic hydroxyl groups excluding tert-OH is 1. The maximum atomic E-state index is 13.0. The second kappa shape index (κ2) is 10.2. The molecule has 0 radical (unpaired) electrons. The molecular formula is C25H28N2O5. The minimum atomic E-state index is -0.732. The second-order valence-electron chi connectivity index (χ2n) is 7.70. The van der Waals surface area contributed by atoms with Crippen molar-refractivity contribution >= 4 is 17.4 Å². The lowest BCUT2D eigenvalue weighted by molar-refractivity contribution is -0.140. The van der Waals surface area contributed by atoms with E-state index in [-0.39, 0.29) is 11.3 Å². The number of hydrogen-bond acceptors (Lipinski definition) is 6. The van der Waals surface area contributed by atoms with Crippen molar-refractivity contribution in [2.45, 2.75) is 6.04 Å². The Morgan fingerprint density at radius 1 is 1.16 bits per heavy atom. The number of methoxy groups -OCH3 is 1. The largest absolute Gasteiger partial charge is 0.507 e. The van der Waals surface area contributed by atoms with Crippen molar-refractivity contribution in [2.75, 3.05) is 40.9 Å². The van der Waals surface area contributed by atoms with Gasteiger partial charge in [-0.3, -0.25) is 9.59 Å². The minimum Gasteiger partial charge on any atom is -0.507 e. The summed E-state index contributed by atoms with van der Waals surface area (Å²) in [6, 6.07) is 13.2. The van der Waals surface area contributed by atoms with E-state index in [1.54, 1.807) is 55.7 Å². The van der Waals surface area contributed by atoms with E-state index in [9.17, 15) is 14.7 Å². The summed E-state index contributed by atoms with van der Waals surface area (Å²) in [5, 5.41) is 11.1. The molecule has 0 aromatic heterocycles. The molecule has 0 bridgehead atoms. The van der Waals surface area contributed by atoms with Crippen LogP contribution in [0.2, 0.25) is 0 Å². The SMILES string of the molecule is C=CCOc1cccc(C2/C(=C(\O)c3ccc(OC)cc3)C(=O)C(=O)N2CCN(C)C)c1. The van der Waals surface area contributed by atoms with Gasteiger partial charge in [0.15, 0.2) is 0 Å². The van der Waals surface area contributed by atoms with Crippen molar-refractivity contribution in [1.82, 2.24) is 9.80 Å². The highest BCUT2D eigenvalue weighted by Gasteiger charge is 2.46. The molecule has 1 saturated heterocycles. The Bertz CT molecular complexity index is 1030. The average Bonchev–Trinajstić information content (AvgIpc) is 3.06. The number of benzene rings is 2. The third-order valence-corrected chi connectivity index (χ3v) is 5.23. The summed E-state index contributed by atoms with van der Waals surface area (Å²) in [5.41, 5.74) is 1.17. The summed E-state index contributed by atoms with van der Waals surface area (Å²) in [5.74, 6) is -0.355. The molecule has 1 heterocycles. The highest BCUT2D eigenvalue weighted by Crippen LogP contribution is 2.40. The molecule has 3 rings (SSSR count). The summed E-state index contributed by atoms with van der Waals surface area (Å²) < 4.78 is 10.8. The van der Waals surface area contributed by atoms with E-state index in [2.05, 4.69) is 6.58 Å². The zero-order chi connectivity index (χ0) is 23.3. The second-order valence-corrected chi connectivity index (χ2v) is 7.70. The first kappa shape index (κ1) is 23.1. The molecule has 0 aliphatic carbocycles. The van der Waals surface area contributed by atoms with Crippen molar-refractivity contribution in [2.24, 2.45) is 0 Å². The number of amides is 1. The first-order valence-electron chi connectivity index (χ1n) is 10.3. The molecule has 1 fully saturated rings. The Hall–Kier alpha value is -3.58. The van der Waals surface area contributed by atoms with Crippen LogP contribution in [-0.2, 0) is 9.59 Å². The highest BCUT2D eigenvalue weighted by molar-refractivity contribution is 6.46. The van der Waals surface area contributed by atoms with Gasteiger partial charge in [-0.15, -0.1) is 0 Å². The van der Waals surface area contributed by atoms with Gasteiger partial charge in [0.2, 0.25) is 0 Å². The number of rotatable bonds is 9. The maximum Gasteiger partial charge on any atom is 0.295 e. The zero-order valence-corrected chi connectivity index (χ0v) is 18.6. The number of carbonyl (C=O) groups excluding carboxylic acids is 2. The minimum absolute atomic E-state index is 0.0554. The summed E-state index contributed by atoms with van der Waals surface area (Å²) in [7, 11) is 5.34. The molecule has 168 valence electrons. The van der Waals surface area contributed by atoms with Gasteiger partial charge >= 0.3 is 0 Å². The molecule has 1 amide bonds. The van der Waals surface area contributed by atoms with Crippen molar-refractivity contribution in [3.8, 4) is 11.5 Å². The average molecular weight is 437 g/mol. The zero-order valence-electron chi connectivity index (χ0n) is 18.6. The van der Waals surface area contributed by atoms with E-state index in [0.717, 1.165) is 0 Å². The van der Waals surface area contributed by atoms with E-state index < -0.39 is 17.7 Å². The fraction of sp³-hybridized carbons (Fsp3) is 0.280. The Kier molecular flexibility index (Phi) is 7.33. The van der Waals surface area contributed by atoms with Crippen LogP contribution >= 0.6 is 0 Å². The number of Topliss-reactive ketones (excluding diaryl/α,β-unsaturated/α-hetero) is 1. The number of ether oxygens (including phenoxy) is 2. The molecule has 1 atom stereocenters. The number of ketones is 1. The number of likely N-dealkylation sites (tertiary alicyclic amines) is 1. The molecule has 7 nitrogen and oxygen atoms in total. The summed E-state index contributed by atoms with van der Waals surface area (Å²) in [6.45, 7) is 4.88. The van der Waals surface area contributed by atoms with Crippen LogP contribution in [-0.4, -0.2) is 67.5 Å². The Labute approximate surface area is 188 Å². The van der Waals surface area contributed by atoms with Crippen LogP contribution < -0.4 is 9.47 Å². The van der Waals surface area contributed by atoms with Crippen LogP contribution in [0.3, 0.4) is 0 Å². The molecule has 2 aromatic rings. The molecule has 32 heavy (non-hydrogen) atoms. The van der Waals surface area contributed by atoms with Gasteiger partial charge in [-0.1, -0.05) is 24.8 Å². The Balaban J connectivity index is 2.11. The van der Waals surface area contributed by atoms with Crippen molar-refractivity contribution in [1.29, 1.82) is 0 Å². The van der Waals surface area contributed by atoms with E-state index in [4.69, 9.17) is 9.47 Å². The molecule has 0 spiro atoms. The lowest BCUT2D eigenvalue weighted by Crippen LogP contribution is -2.35. The van der Waals surface area contributed by atoms with Crippen molar-refractivity contribution in [3.05, 3.63) is 77.9 Å². The van der Waals surface area contributed by atoms with Crippen molar-refractivity contribution in [3.63, 3.8) is 0 Å². The lowest BCUT2D eigenvalue weighted by Gasteiger charge is -2.27. The standard InChI is InChI=1S/C25H28N2O5/c1-5-15-32-20-8-6-7-18(16-20)22-21(23(28)17-9-11-19(31-4)12-10-17)24(29)25(30)27(22)14-13-26(2)3/h5-12,16,22,28H,1,13-15H2,2-4H3/b23-21+. The molecule has 1 N–H and O–H groups in total. The third-order valence-electron chi connectivity index (χ3n) is 5.23. The predicted octanol–water partition coefficient (Wildman–Crippen LogP) is 3.24. The fourth-order valence-corrected chi connectivity index (χ4v) is 3.60. The van der Waals surface area contributed by atoms with Crippen LogP contribution in [0.25, 0.3) is 5.76 Å². The number of aliphatic hydroxyl groups is 1. The topological polar surface area (TPSA) is 79.3 Å². The van der Waals surface area contributed by atoms with Crippen LogP contribution in [0.4, 0.5) is 0 Å². The number of likely N-dealkylation sites (N-methyl/N-ethyl adjacent to an activating group) is 1. The normalized spacial score (nSPS) is 17.6. The molecule has 1 unspecified atom stereocenters. The smallest absolute Gasteiger partial charge is 0.295 e. The quantitative estimate of drug-likeness (QED) is 0.281. The first-order valence-corrected chi connectivity index (χ1v) is 10.3. The van der Waals surface area contributed by atoms with E-state index in [1.807, 2.05) is 25.1 Å². The molecule has 1 aliphatic rings. The molecule has 2 aromatic carbocycles. The van der Waals surface area contributed by atoms with E-state index in [1.165, 1.54) is 4.90 Å². The maximum absolute atomic E-state index is 13.0. The molecule has 0 saturated carbocycles. The summed E-state index contributed by atoms with van der Waals surface area (Å²) in [4.78, 5) is 29.4. The van der Waals surface area contributed by atoms with Gasteiger partial charge in [0.25, 0.3) is 11.7 Å². The first-order chi connectivity index (χ1) is 15.4. The van der Waals surface area contributed by atoms with Gasteiger partial charge in [0, 0.05) is 18.7 Å². The van der Waals surface area contributed by atoms with Crippen LogP contribution in [0.15, 0.2) is 66.8 Å². The number of carbonyl (C=O) groups is 2. The van der Waals surface area contributed by atoms with E-state index >= 15 is 0 Å². The molecular weight excluding hydrogens is 408 g/mol. The fourth-order valence-electron chi connectivity index (χ4n) is 3.60. The molecule has 1 aliphatic heterocycles. The van der Waals surface area contributed by atoms with Crippen LogP contribution in [0.1, 0.15) is 17.2 Å². The number of hydrogen-bond donors (Lipinski definition) is 1. The summed E-state index contributed by atoms with van der Waals surface area (Å²) >= 11 is 0. The van der Waals surface area contributed by atoms with Gasteiger partial charge in [-0.05, 0) is 56.1 Å². The van der Waals surface area contributed by atoms with Crippen LogP contribution in [0.5, 0.6) is 11.5 Å². The Morgan fingerprint density at radius 3 is 2.50 bits per heavy atom. The lowest BCUT2D eigenvalue weighted by atomic mass is 9.95. The Morgan fingerprint density at radius 2 is 1.88 bits per heavy atom. The monoisotopic (exact) mass is 436 g/mol. The van der Waals surface area contributed by atoms with Gasteiger partial charge in [0.1, 0.15) is 23.9 Å². The van der Waals surface area contributed by atoms with E-state index in [0.29, 0.717) is 42.3 Å². The third kappa shape index (κ3) is 4.84. The van der Waals surface area contributed by atoms with Crippen LogP contribution in [0, 0.1) is 0 Å². The predicted molar refractivity (Wildman–Crippen MR) is 123 cm³/mol. The highest BCUT2D eigenvalue weighted by atomic mass is 16.5. The summed E-state index contributed by atoms with van der Waals surface area (Å²) in [6.07, 6.45) is 1.64. The van der Waals surface area contributed by atoms with Gasteiger partial charge in [-0.25, -0.2) is 0 Å². The molecule has 7 heteroatoms. The van der Waals surface area contributed by atoms with Gasteiger partial charge in [-0.2, -0.15) is 0 Å². The van der Waals surface area contributed by atoms with Gasteiger partial charge < -0.3 is 24.4 Å². The van der Waals surface area contributed by atoms with Crippen molar-refractivity contribution < 1.29 is 24.2 Å². The number of nitrogens with zero attached hydrogens (tertiary/aromatic N) is 2.